The normalized spacial score (nSPS) is 11.0. The first-order valence-corrected chi connectivity index (χ1v) is 10.1. The Kier molecular flexibility index (Phi) is 6.58. The molecule has 0 aliphatic carbocycles. The lowest BCUT2D eigenvalue weighted by Crippen LogP contribution is -2.15. The minimum Gasteiger partial charge on any atom is -0.383 e. The zero-order chi connectivity index (χ0) is 18.5. The number of rotatable bonds is 7. The van der Waals surface area contributed by atoms with Crippen molar-refractivity contribution in [3.05, 3.63) is 52.0 Å². The third kappa shape index (κ3) is 4.79. The Morgan fingerprint density at radius 3 is 2.96 bits per heavy atom. The highest BCUT2D eigenvalue weighted by Gasteiger charge is 2.13. The van der Waals surface area contributed by atoms with Gasteiger partial charge in [-0.15, -0.1) is 0 Å². The van der Waals surface area contributed by atoms with Gasteiger partial charge in [0.15, 0.2) is 5.16 Å². The highest BCUT2D eigenvalue weighted by atomic mass is 79.9. The van der Waals surface area contributed by atoms with E-state index in [4.69, 9.17) is 16.3 Å². The summed E-state index contributed by atoms with van der Waals surface area (Å²) in [7, 11) is 1.66. The minimum absolute atomic E-state index is 0.0866. The second-order valence-electron chi connectivity index (χ2n) is 5.52. The second-order valence-corrected chi connectivity index (χ2v) is 7.81. The molecule has 0 aliphatic rings. The maximum atomic E-state index is 12.3. The first kappa shape index (κ1) is 19.2. The van der Waals surface area contributed by atoms with Crippen molar-refractivity contribution < 1.29 is 9.53 Å². The molecule has 0 bridgehead atoms. The zero-order valence-electron chi connectivity index (χ0n) is 14.0. The SMILES string of the molecule is COCCn1c(SCC(=O)Nc2cccc(Br)c2)nc2cc(Cl)ccc21. The number of hydrogen-bond acceptors (Lipinski definition) is 4. The van der Waals surface area contributed by atoms with Gasteiger partial charge in [-0.2, -0.15) is 0 Å². The Morgan fingerprint density at radius 1 is 1.35 bits per heavy atom. The largest absolute Gasteiger partial charge is 0.383 e. The number of nitrogens with one attached hydrogen (secondary N) is 1. The van der Waals surface area contributed by atoms with E-state index < -0.39 is 0 Å². The average Bonchev–Trinajstić information content (AvgIpc) is 2.94. The summed E-state index contributed by atoms with van der Waals surface area (Å²) >= 11 is 10.9. The maximum absolute atomic E-state index is 12.3. The van der Waals surface area contributed by atoms with Crippen LogP contribution in [0.3, 0.4) is 0 Å². The summed E-state index contributed by atoms with van der Waals surface area (Å²) in [5.41, 5.74) is 2.54. The fraction of sp³-hybridized carbons (Fsp3) is 0.222. The number of amides is 1. The van der Waals surface area contributed by atoms with Gasteiger partial charge in [-0.3, -0.25) is 4.79 Å². The van der Waals surface area contributed by atoms with Crippen molar-refractivity contribution in [2.24, 2.45) is 0 Å². The molecule has 3 aromatic rings. The number of ether oxygens (including phenoxy) is 1. The summed E-state index contributed by atoms with van der Waals surface area (Å²) in [4.78, 5) is 16.9. The van der Waals surface area contributed by atoms with Crippen molar-refractivity contribution in [3.8, 4) is 0 Å². The molecular weight excluding hydrogens is 438 g/mol. The highest BCUT2D eigenvalue weighted by Crippen LogP contribution is 2.26. The van der Waals surface area contributed by atoms with Crippen LogP contribution in [0.2, 0.25) is 5.02 Å². The molecule has 2 aromatic carbocycles. The number of anilines is 1. The number of methoxy groups -OCH3 is 1. The fourth-order valence-corrected chi connectivity index (χ4v) is 3.89. The molecule has 0 radical (unpaired) electrons. The molecule has 8 heteroatoms. The van der Waals surface area contributed by atoms with Gasteiger partial charge in [0.25, 0.3) is 0 Å². The lowest BCUT2D eigenvalue weighted by Gasteiger charge is -2.09. The van der Waals surface area contributed by atoms with E-state index in [1.807, 2.05) is 47.0 Å². The Bertz CT molecular complexity index is 932. The van der Waals surface area contributed by atoms with Crippen LogP contribution < -0.4 is 5.32 Å². The molecule has 0 unspecified atom stereocenters. The summed E-state index contributed by atoms with van der Waals surface area (Å²) in [6, 6.07) is 13.1. The van der Waals surface area contributed by atoms with E-state index in [9.17, 15) is 4.79 Å². The van der Waals surface area contributed by atoms with Crippen LogP contribution in [0.5, 0.6) is 0 Å². The third-order valence-electron chi connectivity index (χ3n) is 3.64. The lowest BCUT2D eigenvalue weighted by atomic mass is 10.3. The molecule has 0 aliphatic heterocycles. The number of carbonyl (C=O) groups is 1. The van der Waals surface area contributed by atoms with Gasteiger partial charge in [0.2, 0.25) is 5.91 Å². The summed E-state index contributed by atoms with van der Waals surface area (Å²) < 4.78 is 8.16. The van der Waals surface area contributed by atoms with E-state index >= 15 is 0 Å². The van der Waals surface area contributed by atoms with E-state index in [-0.39, 0.29) is 11.7 Å². The van der Waals surface area contributed by atoms with Gasteiger partial charge in [0, 0.05) is 28.8 Å². The van der Waals surface area contributed by atoms with Gasteiger partial charge in [-0.1, -0.05) is 45.4 Å². The number of hydrogen-bond donors (Lipinski definition) is 1. The van der Waals surface area contributed by atoms with E-state index in [1.54, 1.807) is 7.11 Å². The van der Waals surface area contributed by atoms with Crippen molar-refractivity contribution in [1.29, 1.82) is 0 Å². The van der Waals surface area contributed by atoms with Crippen LogP contribution in [0.1, 0.15) is 0 Å². The third-order valence-corrected chi connectivity index (χ3v) is 5.34. The first-order valence-electron chi connectivity index (χ1n) is 7.90. The molecule has 136 valence electrons. The van der Waals surface area contributed by atoms with Crippen LogP contribution >= 0.6 is 39.3 Å². The van der Waals surface area contributed by atoms with E-state index in [2.05, 4.69) is 26.2 Å². The van der Waals surface area contributed by atoms with Gasteiger partial charge >= 0.3 is 0 Å². The number of carbonyl (C=O) groups excluding carboxylic acids is 1. The minimum atomic E-state index is -0.0866. The van der Waals surface area contributed by atoms with Crippen molar-refractivity contribution in [2.75, 3.05) is 24.8 Å². The van der Waals surface area contributed by atoms with Gasteiger partial charge < -0.3 is 14.6 Å². The zero-order valence-corrected chi connectivity index (χ0v) is 17.2. The molecule has 1 amide bonds. The summed E-state index contributed by atoms with van der Waals surface area (Å²) in [6.07, 6.45) is 0. The topological polar surface area (TPSA) is 56.1 Å². The van der Waals surface area contributed by atoms with Crippen molar-refractivity contribution in [3.63, 3.8) is 0 Å². The maximum Gasteiger partial charge on any atom is 0.234 e. The fourth-order valence-electron chi connectivity index (χ4n) is 2.48. The highest BCUT2D eigenvalue weighted by molar-refractivity contribution is 9.10. The van der Waals surface area contributed by atoms with Crippen molar-refractivity contribution >= 4 is 61.9 Å². The first-order chi connectivity index (χ1) is 12.6. The van der Waals surface area contributed by atoms with Crippen LogP contribution in [0, 0.1) is 0 Å². The van der Waals surface area contributed by atoms with Crippen LogP contribution in [0.25, 0.3) is 11.0 Å². The molecular formula is C18H17BrClN3O2S. The number of aromatic nitrogens is 2. The summed E-state index contributed by atoms with van der Waals surface area (Å²) in [5, 5.41) is 4.29. The predicted molar refractivity (Wildman–Crippen MR) is 110 cm³/mol. The number of benzene rings is 2. The second kappa shape index (κ2) is 8.90. The summed E-state index contributed by atoms with van der Waals surface area (Å²) in [6.45, 7) is 1.22. The Balaban J connectivity index is 1.73. The number of imidazole rings is 1. The summed E-state index contributed by atoms with van der Waals surface area (Å²) in [5.74, 6) is 0.174. The van der Waals surface area contributed by atoms with Gasteiger partial charge in [-0.05, 0) is 36.4 Å². The van der Waals surface area contributed by atoms with E-state index in [0.717, 1.165) is 26.3 Å². The predicted octanol–water partition coefficient (Wildman–Crippen LogP) is 4.83. The Labute approximate surface area is 169 Å². The standard InChI is InChI=1S/C18H17BrClN3O2S/c1-25-8-7-23-16-6-5-13(20)10-15(16)22-18(23)26-11-17(24)21-14-4-2-3-12(19)9-14/h2-6,9-10H,7-8,11H2,1H3,(H,21,24). The number of thioether (sulfide) groups is 1. The molecule has 1 N–H and O–H groups in total. The molecule has 0 fully saturated rings. The van der Waals surface area contributed by atoms with Crippen LogP contribution in [-0.4, -0.2) is 34.9 Å². The van der Waals surface area contributed by atoms with Gasteiger partial charge in [0.1, 0.15) is 0 Å². The molecule has 5 nitrogen and oxygen atoms in total. The smallest absolute Gasteiger partial charge is 0.234 e. The van der Waals surface area contributed by atoms with Crippen molar-refractivity contribution in [2.45, 2.75) is 11.7 Å². The molecule has 0 atom stereocenters. The average molecular weight is 455 g/mol. The van der Waals surface area contributed by atoms with Crippen LogP contribution in [0.15, 0.2) is 52.1 Å². The molecule has 1 aromatic heterocycles. The monoisotopic (exact) mass is 453 g/mol. The quantitative estimate of drug-likeness (QED) is 0.520. The molecule has 3 rings (SSSR count). The number of halogens is 2. The Hall–Kier alpha value is -1.54. The molecule has 0 saturated carbocycles. The number of fused-ring (bicyclic) bond motifs is 1. The van der Waals surface area contributed by atoms with Crippen molar-refractivity contribution in [1.82, 2.24) is 9.55 Å². The molecule has 0 saturated heterocycles. The lowest BCUT2D eigenvalue weighted by molar-refractivity contribution is -0.113. The van der Waals surface area contributed by atoms with E-state index in [1.165, 1.54) is 11.8 Å². The molecule has 26 heavy (non-hydrogen) atoms. The van der Waals surface area contributed by atoms with Gasteiger partial charge in [-0.25, -0.2) is 4.98 Å². The van der Waals surface area contributed by atoms with E-state index in [0.29, 0.717) is 18.2 Å². The van der Waals surface area contributed by atoms with Crippen LogP contribution in [-0.2, 0) is 16.1 Å². The number of nitrogens with zero attached hydrogens (tertiary/aromatic N) is 2. The molecule has 1 heterocycles. The Morgan fingerprint density at radius 2 is 2.19 bits per heavy atom. The molecule has 0 spiro atoms. The van der Waals surface area contributed by atoms with Crippen LogP contribution in [0.4, 0.5) is 5.69 Å². The van der Waals surface area contributed by atoms with Gasteiger partial charge in [0.05, 0.1) is 23.4 Å².